The van der Waals surface area contributed by atoms with Gasteiger partial charge in [0.2, 0.25) is 0 Å². The molecule has 1 aromatic carbocycles. The lowest BCUT2D eigenvalue weighted by Gasteiger charge is -2.26. The van der Waals surface area contributed by atoms with Crippen molar-refractivity contribution in [2.45, 2.75) is 26.3 Å². The number of nitrogens with zero attached hydrogens (tertiary/aromatic N) is 2. The van der Waals surface area contributed by atoms with E-state index in [-0.39, 0.29) is 24.0 Å². The van der Waals surface area contributed by atoms with E-state index in [4.69, 9.17) is 14.2 Å². The molecule has 0 unspecified atom stereocenters. The van der Waals surface area contributed by atoms with Crippen LogP contribution in [0.4, 0.5) is 0 Å². The van der Waals surface area contributed by atoms with E-state index < -0.39 is 0 Å². The van der Waals surface area contributed by atoms with Gasteiger partial charge in [-0.3, -0.25) is 4.90 Å². The summed E-state index contributed by atoms with van der Waals surface area (Å²) >= 11 is 0. The Hall–Kier alpha value is -1.26. The van der Waals surface area contributed by atoms with E-state index in [1.54, 1.807) is 14.2 Å². The molecule has 0 atom stereocenters. The lowest BCUT2D eigenvalue weighted by atomic mass is 10.2. The number of hydrogen-bond donors (Lipinski definition) is 2. The zero-order valence-electron chi connectivity index (χ0n) is 17.3. The molecular weight excluding hydrogens is 471 g/mol. The van der Waals surface area contributed by atoms with Crippen molar-refractivity contribution in [2.24, 2.45) is 4.99 Å². The number of benzene rings is 1. The molecule has 0 spiro atoms. The van der Waals surface area contributed by atoms with Gasteiger partial charge in [-0.2, -0.15) is 0 Å². The number of nitrogens with one attached hydrogen (secondary N) is 2. The van der Waals surface area contributed by atoms with E-state index >= 15 is 0 Å². The molecule has 1 heterocycles. The first-order chi connectivity index (χ1) is 13.3. The Kier molecular flexibility index (Phi) is 13.0. The first-order valence-electron chi connectivity index (χ1n) is 9.80. The van der Waals surface area contributed by atoms with Gasteiger partial charge in [0, 0.05) is 26.2 Å². The van der Waals surface area contributed by atoms with E-state index in [0.29, 0.717) is 6.54 Å². The van der Waals surface area contributed by atoms with Gasteiger partial charge in [0.1, 0.15) is 0 Å². The first-order valence-corrected chi connectivity index (χ1v) is 9.80. The van der Waals surface area contributed by atoms with Gasteiger partial charge in [-0.15, -0.1) is 24.0 Å². The van der Waals surface area contributed by atoms with E-state index in [2.05, 4.69) is 27.4 Å². The van der Waals surface area contributed by atoms with E-state index in [0.717, 1.165) is 75.4 Å². The molecular formula is C20H35IN4O3. The average Bonchev–Trinajstić information content (AvgIpc) is 2.72. The third-order valence-corrected chi connectivity index (χ3v) is 4.51. The number of unbranched alkanes of at least 4 members (excludes halogenated alkanes) is 1. The summed E-state index contributed by atoms with van der Waals surface area (Å²) < 4.78 is 16.0. The lowest BCUT2D eigenvalue weighted by Crippen LogP contribution is -2.39. The molecule has 1 fully saturated rings. The van der Waals surface area contributed by atoms with Crippen molar-refractivity contribution in [3.8, 4) is 11.5 Å². The number of ether oxygens (including phenoxy) is 3. The maximum absolute atomic E-state index is 5.38. The molecule has 0 aromatic heterocycles. The van der Waals surface area contributed by atoms with Crippen molar-refractivity contribution >= 4 is 29.9 Å². The fraction of sp³-hybridized carbons (Fsp3) is 0.650. The normalized spacial score (nSPS) is 14.9. The Morgan fingerprint density at radius 2 is 1.86 bits per heavy atom. The van der Waals surface area contributed by atoms with Gasteiger partial charge >= 0.3 is 0 Å². The Bertz CT molecular complexity index is 581. The van der Waals surface area contributed by atoms with Gasteiger partial charge in [0.15, 0.2) is 17.5 Å². The summed E-state index contributed by atoms with van der Waals surface area (Å²) in [6.45, 7) is 9.41. The van der Waals surface area contributed by atoms with Gasteiger partial charge in [-0.1, -0.05) is 6.07 Å². The molecule has 2 rings (SSSR count). The van der Waals surface area contributed by atoms with Crippen LogP contribution in [0.5, 0.6) is 11.5 Å². The summed E-state index contributed by atoms with van der Waals surface area (Å²) in [5.74, 6) is 2.31. The molecule has 1 saturated heterocycles. The van der Waals surface area contributed by atoms with Crippen molar-refractivity contribution in [1.82, 2.24) is 15.5 Å². The SMILES string of the molecule is CCNC(=NCc1ccc(OC)c(OC)c1)NCCCCN1CCOCC1.I. The molecule has 1 aliphatic heterocycles. The van der Waals surface area contributed by atoms with Crippen LogP contribution in [0.25, 0.3) is 0 Å². The maximum Gasteiger partial charge on any atom is 0.191 e. The Labute approximate surface area is 186 Å². The highest BCUT2D eigenvalue weighted by Crippen LogP contribution is 2.27. The fourth-order valence-electron chi connectivity index (χ4n) is 2.98. The van der Waals surface area contributed by atoms with Crippen molar-refractivity contribution < 1.29 is 14.2 Å². The minimum atomic E-state index is 0. The summed E-state index contributed by atoms with van der Waals surface area (Å²) in [5.41, 5.74) is 1.08. The molecule has 1 aliphatic rings. The molecule has 0 saturated carbocycles. The number of guanidine groups is 1. The Morgan fingerprint density at radius 3 is 2.54 bits per heavy atom. The molecule has 0 bridgehead atoms. The smallest absolute Gasteiger partial charge is 0.191 e. The maximum atomic E-state index is 5.38. The standard InChI is InChI=1S/C20H34N4O3.HI/c1-4-21-20(22-9-5-6-10-24-11-13-27-14-12-24)23-16-17-7-8-18(25-2)19(15-17)26-3;/h7-8,15H,4-6,9-14,16H2,1-3H3,(H2,21,22,23);1H. The molecule has 2 N–H and O–H groups in total. The van der Waals surface area contributed by atoms with Crippen LogP contribution < -0.4 is 20.1 Å². The molecule has 160 valence electrons. The first kappa shape index (κ1) is 24.8. The second kappa shape index (κ2) is 14.7. The van der Waals surface area contributed by atoms with Crippen LogP contribution in [0.1, 0.15) is 25.3 Å². The predicted octanol–water partition coefficient (Wildman–Crippen LogP) is 2.49. The lowest BCUT2D eigenvalue weighted by molar-refractivity contribution is 0.0372. The highest BCUT2D eigenvalue weighted by Gasteiger charge is 2.09. The molecule has 0 aliphatic carbocycles. The van der Waals surface area contributed by atoms with Gasteiger partial charge in [0.05, 0.1) is 34.0 Å². The highest BCUT2D eigenvalue weighted by atomic mass is 127. The average molecular weight is 506 g/mol. The van der Waals surface area contributed by atoms with Crippen LogP contribution in [0.2, 0.25) is 0 Å². The number of aliphatic imine (C=N–C) groups is 1. The number of morpholine rings is 1. The third kappa shape index (κ3) is 8.83. The summed E-state index contributed by atoms with van der Waals surface area (Å²) in [6, 6.07) is 5.89. The minimum Gasteiger partial charge on any atom is -0.493 e. The van der Waals surface area contributed by atoms with Crippen LogP contribution in [-0.2, 0) is 11.3 Å². The zero-order chi connectivity index (χ0) is 19.3. The summed E-state index contributed by atoms with van der Waals surface area (Å²) in [6.07, 6.45) is 2.31. The molecule has 8 heteroatoms. The third-order valence-electron chi connectivity index (χ3n) is 4.51. The van der Waals surface area contributed by atoms with Gasteiger partial charge in [0.25, 0.3) is 0 Å². The van der Waals surface area contributed by atoms with Crippen LogP contribution >= 0.6 is 24.0 Å². The molecule has 28 heavy (non-hydrogen) atoms. The van der Waals surface area contributed by atoms with Crippen molar-refractivity contribution in [3.05, 3.63) is 23.8 Å². The molecule has 0 amide bonds. The van der Waals surface area contributed by atoms with Gasteiger partial charge < -0.3 is 24.8 Å². The van der Waals surface area contributed by atoms with Crippen LogP contribution in [0.3, 0.4) is 0 Å². The number of hydrogen-bond acceptors (Lipinski definition) is 5. The number of methoxy groups -OCH3 is 2. The Balaban J connectivity index is 0.00000392. The van der Waals surface area contributed by atoms with Crippen molar-refractivity contribution in [3.63, 3.8) is 0 Å². The van der Waals surface area contributed by atoms with Gasteiger partial charge in [-0.25, -0.2) is 4.99 Å². The van der Waals surface area contributed by atoms with Crippen LogP contribution in [-0.4, -0.2) is 71.0 Å². The van der Waals surface area contributed by atoms with E-state index in [9.17, 15) is 0 Å². The number of rotatable bonds is 10. The second-order valence-corrected chi connectivity index (χ2v) is 6.47. The quantitative estimate of drug-likeness (QED) is 0.220. The van der Waals surface area contributed by atoms with Crippen LogP contribution in [0, 0.1) is 0 Å². The summed E-state index contributed by atoms with van der Waals surface area (Å²) in [5, 5.41) is 6.72. The second-order valence-electron chi connectivity index (χ2n) is 6.47. The molecule has 1 aromatic rings. The highest BCUT2D eigenvalue weighted by molar-refractivity contribution is 14.0. The molecule has 7 nitrogen and oxygen atoms in total. The van der Waals surface area contributed by atoms with Gasteiger partial charge in [-0.05, 0) is 44.0 Å². The summed E-state index contributed by atoms with van der Waals surface area (Å²) in [7, 11) is 3.29. The summed E-state index contributed by atoms with van der Waals surface area (Å²) in [4.78, 5) is 7.15. The van der Waals surface area contributed by atoms with Crippen LogP contribution in [0.15, 0.2) is 23.2 Å². The zero-order valence-corrected chi connectivity index (χ0v) is 19.7. The molecule has 0 radical (unpaired) electrons. The fourth-order valence-corrected chi connectivity index (χ4v) is 2.98. The number of halogens is 1. The predicted molar refractivity (Wildman–Crippen MR) is 124 cm³/mol. The van der Waals surface area contributed by atoms with E-state index in [1.165, 1.54) is 6.42 Å². The van der Waals surface area contributed by atoms with Crippen molar-refractivity contribution in [2.75, 3.05) is 60.2 Å². The largest absolute Gasteiger partial charge is 0.493 e. The van der Waals surface area contributed by atoms with E-state index in [1.807, 2.05) is 18.2 Å². The minimum absolute atomic E-state index is 0. The topological polar surface area (TPSA) is 67.4 Å². The Morgan fingerprint density at radius 1 is 1.11 bits per heavy atom. The monoisotopic (exact) mass is 506 g/mol. The van der Waals surface area contributed by atoms with Crippen molar-refractivity contribution in [1.29, 1.82) is 0 Å².